The Bertz CT molecular complexity index is 331. The number of aromatic nitrogens is 1. The fourth-order valence-corrected chi connectivity index (χ4v) is 1.78. The number of rotatable bonds is 1. The smallest absolute Gasteiger partial charge is 0.136 e. The number of hydrogen-bond donors (Lipinski definition) is 1. The van der Waals surface area contributed by atoms with Crippen LogP contribution in [0, 0.1) is 6.07 Å². The molecule has 0 amide bonds. The zero-order valence-corrected chi connectivity index (χ0v) is 10.9. The standard InChI is InChI=1S/C10H13N2O.Y/c13-10-3-1-2-8-12(10)9-4-6-11-7-5-9;/h2-3,8-9,11H,4-7H2;/q-1;. The third-order valence-corrected chi connectivity index (χ3v) is 2.49. The molecule has 1 N–H and O–H groups in total. The summed E-state index contributed by atoms with van der Waals surface area (Å²) in [6.07, 6.45) is 3.92. The van der Waals surface area contributed by atoms with E-state index >= 15 is 0 Å². The summed E-state index contributed by atoms with van der Waals surface area (Å²) < 4.78 is 1.82. The Morgan fingerprint density at radius 2 is 2.14 bits per heavy atom. The molecule has 2 heterocycles. The quantitative estimate of drug-likeness (QED) is 0.754. The minimum atomic E-state index is 0. The van der Waals surface area contributed by atoms with E-state index in [1.54, 1.807) is 6.07 Å². The molecule has 73 valence electrons. The number of nitrogens with one attached hydrogen (secondary N) is 1. The van der Waals surface area contributed by atoms with Crippen molar-refractivity contribution in [1.82, 2.24) is 9.88 Å². The molecule has 0 saturated carbocycles. The van der Waals surface area contributed by atoms with E-state index < -0.39 is 0 Å². The summed E-state index contributed by atoms with van der Waals surface area (Å²) >= 11 is 0. The Morgan fingerprint density at radius 3 is 2.79 bits per heavy atom. The molecule has 1 saturated heterocycles. The summed E-state index contributed by atoms with van der Waals surface area (Å²) in [5.41, 5.74) is 0.0643. The monoisotopic (exact) mass is 266 g/mol. The molecule has 1 radical (unpaired) electrons. The van der Waals surface area contributed by atoms with E-state index in [-0.39, 0.29) is 38.3 Å². The minimum Gasteiger partial charge on any atom is -0.418 e. The van der Waals surface area contributed by atoms with Gasteiger partial charge in [-0.3, -0.25) is 0 Å². The first-order chi connectivity index (χ1) is 6.38. The molecule has 0 aromatic carbocycles. The SMILES string of the molecule is O=c1c[c-]ccn1C1CCNCC1.[Y]. The van der Waals surface area contributed by atoms with E-state index in [0.29, 0.717) is 6.04 Å². The van der Waals surface area contributed by atoms with Crippen LogP contribution in [0.25, 0.3) is 0 Å². The summed E-state index contributed by atoms with van der Waals surface area (Å²) in [6.45, 7) is 2.02. The van der Waals surface area contributed by atoms with Gasteiger partial charge in [-0.05, 0) is 25.9 Å². The van der Waals surface area contributed by atoms with Gasteiger partial charge < -0.3 is 14.7 Å². The molecule has 14 heavy (non-hydrogen) atoms. The second kappa shape index (κ2) is 5.79. The van der Waals surface area contributed by atoms with Crippen molar-refractivity contribution in [2.75, 3.05) is 13.1 Å². The van der Waals surface area contributed by atoms with Crippen LogP contribution < -0.4 is 10.9 Å². The predicted octanol–water partition coefficient (Wildman–Crippen LogP) is 0.570. The van der Waals surface area contributed by atoms with Gasteiger partial charge in [0.1, 0.15) is 5.56 Å². The van der Waals surface area contributed by atoms with Crippen molar-refractivity contribution < 1.29 is 32.7 Å². The molecule has 0 aliphatic carbocycles. The van der Waals surface area contributed by atoms with Gasteiger partial charge in [-0.25, -0.2) is 0 Å². The van der Waals surface area contributed by atoms with E-state index in [2.05, 4.69) is 11.4 Å². The van der Waals surface area contributed by atoms with Gasteiger partial charge in [0.15, 0.2) is 0 Å². The van der Waals surface area contributed by atoms with E-state index in [9.17, 15) is 4.79 Å². The van der Waals surface area contributed by atoms with Crippen molar-refractivity contribution in [2.24, 2.45) is 0 Å². The molecular weight excluding hydrogens is 253 g/mol. The van der Waals surface area contributed by atoms with Crippen molar-refractivity contribution in [2.45, 2.75) is 18.9 Å². The van der Waals surface area contributed by atoms with Crippen LogP contribution in [0.15, 0.2) is 23.1 Å². The zero-order chi connectivity index (χ0) is 9.10. The van der Waals surface area contributed by atoms with Gasteiger partial charge in [0.25, 0.3) is 0 Å². The molecular formula is C10H13N2OY-. The first-order valence-electron chi connectivity index (χ1n) is 4.67. The van der Waals surface area contributed by atoms with Crippen molar-refractivity contribution in [3.05, 3.63) is 34.7 Å². The van der Waals surface area contributed by atoms with Crippen LogP contribution in [0.1, 0.15) is 18.9 Å². The summed E-state index contributed by atoms with van der Waals surface area (Å²) in [7, 11) is 0. The average Bonchev–Trinajstić information content (AvgIpc) is 2.20. The van der Waals surface area contributed by atoms with E-state index in [1.165, 1.54) is 6.07 Å². The number of nitrogens with zero attached hydrogens (tertiary/aromatic N) is 1. The molecule has 0 unspecified atom stereocenters. The molecule has 0 bridgehead atoms. The Balaban J connectivity index is 0.000000980. The Hall–Kier alpha value is 0.0139. The van der Waals surface area contributed by atoms with E-state index in [0.717, 1.165) is 25.9 Å². The maximum Gasteiger partial charge on any atom is 0.136 e. The third-order valence-electron chi connectivity index (χ3n) is 2.49. The van der Waals surface area contributed by atoms with Gasteiger partial charge in [-0.1, -0.05) is 0 Å². The first kappa shape index (κ1) is 12.1. The second-order valence-electron chi connectivity index (χ2n) is 3.35. The summed E-state index contributed by atoms with van der Waals surface area (Å²) in [6, 6.07) is 6.47. The third kappa shape index (κ3) is 2.75. The summed E-state index contributed by atoms with van der Waals surface area (Å²) in [4.78, 5) is 11.4. The van der Waals surface area contributed by atoms with Gasteiger partial charge in [-0.15, -0.1) is 12.3 Å². The zero-order valence-electron chi connectivity index (χ0n) is 8.07. The van der Waals surface area contributed by atoms with Crippen molar-refractivity contribution >= 4 is 0 Å². The molecule has 1 aliphatic rings. The van der Waals surface area contributed by atoms with Crippen LogP contribution in [-0.4, -0.2) is 17.7 Å². The van der Waals surface area contributed by atoms with E-state index in [4.69, 9.17) is 0 Å². The first-order valence-corrected chi connectivity index (χ1v) is 4.67. The topological polar surface area (TPSA) is 34.0 Å². The number of piperidine rings is 1. The molecule has 1 aliphatic heterocycles. The van der Waals surface area contributed by atoms with Crippen LogP contribution in [0.3, 0.4) is 0 Å². The van der Waals surface area contributed by atoms with Gasteiger partial charge in [0.2, 0.25) is 0 Å². The molecule has 2 rings (SSSR count). The van der Waals surface area contributed by atoms with Crippen LogP contribution in [0.4, 0.5) is 0 Å². The second-order valence-corrected chi connectivity index (χ2v) is 3.35. The normalized spacial score (nSPS) is 17.4. The Labute approximate surface area is 109 Å². The Kier molecular flexibility index (Phi) is 5.00. The van der Waals surface area contributed by atoms with Gasteiger partial charge in [0, 0.05) is 38.8 Å². The summed E-state index contributed by atoms with van der Waals surface area (Å²) in [5, 5.41) is 3.28. The molecule has 1 aromatic rings. The fourth-order valence-electron chi connectivity index (χ4n) is 1.78. The average molecular weight is 266 g/mol. The fraction of sp³-hybridized carbons (Fsp3) is 0.500. The van der Waals surface area contributed by atoms with Crippen LogP contribution >= 0.6 is 0 Å². The van der Waals surface area contributed by atoms with Gasteiger partial charge in [0.05, 0.1) is 0 Å². The van der Waals surface area contributed by atoms with Gasteiger partial charge in [-0.2, -0.15) is 12.1 Å². The van der Waals surface area contributed by atoms with Crippen LogP contribution in [-0.2, 0) is 32.7 Å². The van der Waals surface area contributed by atoms with Crippen LogP contribution in [0.2, 0.25) is 0 Å². The minimum absolute atomic E-state index is 0. The van der Waals surface area contributed by atoms with Crippen molar-refractivity contribution in [3.8, 4) is 0 Å². The summed E-state index contributed by atoms with van der Waals surface area (Å²) in [5.74, 6) is 0. The van der Waals surface area contributed by atoms with Crippen molar-refractivity contribution in [1.29, 1.82) is 0 Å². The molecule has 1 aromatic heterocycles. The molecule has 3 nitrogen and oxygen atoms in total. The molecule has 0 atom stereocenters. The molecule has 0 spiro atoms. The van der Waals surface area contributed by atoms with Crippen molar-refractivity contribution in [3.63, 3.8) is 0 Å². The Morgan fingerprint density at radius 1 is 1.43 bits per heavy atom. The molecule has 4 heteroatoms. The van der Waals surface area contributed by atoms with Crippen LogP contribution in [0.5, 0.6) is 0 Å². The maximum atomic E-state index is 11.4. The predicted molar refractivity (Wildman–Crippen MR) is 50.7 cm³/mol. The maximum absolute atomic E-state index is 11.4. The molecule has 1 fully saturated rings. The van der Waals surface area contributed by atoms with E-state index in [1.807, 2.05) is 10.8 Å². The number of hydrogen-bond acceptors (Lipinski definition) is 2. The van der Waals surface area contributed by atoms with Gasteiger partial charge >= 0.3 is 0 Å². The largest absolute Gasteiger partial charge is 0.418 e. The number of pyridine rings is 1.